The Morgan fingerprint density at radius 1 is 1.07 bits per heavy atom. The monoisotopic (exact) mass is 391 g/mol. The SMILES string of the molecule is COc1ccccc1CN1CCN(S(=O)(=O)c2cccc([N+](=O)[O-])c2)CC1. The fourth-order valence-electron chi connectivity index (χ4n) is 3.11. The standard InChI is InChI=1S/C18H21N3O5S/c1-26-18-8-3-2-5-15(18)14-19-9-11-20(12-10-19)27(24,25)17-7-4-6-16(13-17)21(22)23/h2-8,13H,9-12,14H2,1H3. The highest BCUT2D eigenvalue weighted by Crippen LogP contribution is 2.24. The number of nitrogens with zero attached hydrogens (tertiary/aromatic N) is 3. The smallest absolute Gasteiger partial charge is 0.270 e. The van der Waals surface area contributed by atoms with E-state index in [2.05, 4.69) is 4.90 Å². The summed E-state index contributed by atoms with van der Waals surface area (Å²) in [6, 6.07) is 12.9. The van der Waals surface area contributed by atoms with Crippen LogP contribution in [0.3, 0.4) is 0 Å². The van der Waals surface area contributed by atoms with Crippen LogP contribution >= 0.6 is 0 Å². The van der Waals surface area contributed by atoms with Gasteiger partial charge in [0.2, 0.25) is 10.0 Å². The molecule has 1 aliphatic rings. The first kappa shape index (κ1) is 19.3. The maximum atomic E-state index is 12.8. The van der Waals surface area contributed by atoms with E-state index in [4.69, 9.17) is 4.74 Å². The van der Waals surface area contributed by atoms with Gasteiger partial charge in [-0.2, -0.15) is 4.31 Å². The van der Waals surface area contributed by atoms with Gasteiger partial charge in [0.25, 0.3) is 5.69 Å². The van der Waals surface area contributed by atoms with Gasteiger partial charge in [-0.25, -0.2) is 8.42 Å². The van der Waals surface area contributed by atoms with Crippen LogP contribution in [0.25, 0.3) is 0 Å². The average Bonchev–Trinajstić information content (AvgIpc) is 2.69. The molecule has 8 nitrogen and oxygen atoms in total. The van der Waals surface area contributed by atoms with Crippen LogP contribution in [0.5, 0.6) is 5.75 Å². The lowest BCUT2D eigenvalue weighted by molar-refractivity contribution is -0.385. The minimum atomic E-state index is -3.75. The minimum Gasteiger partial charge on any atom is -0.496 e. The normalized spacial score (nSPS) is 16.2. The molecular weight excluding hydrogens is 370 g/mol. The third-order valence-electron chi connectivity index (χ3n) is 4.58. The van der Waals surface area contributed by atoms with Gasteiger partial charge in [-0.3, -0.25) is 15.0 Å². The van der Waals surface area contributed by atoms with Gasteiger partial charge in [0.05, 0.1) is 16.9 Å². The van der Waals surface area contributed by atoms with Crippen LogP contribution in [0.1, 0.15) is 5.56 Å². The second-order valence-corrected chi connectivity index (χ2v) is 8.18. The van der Waals surface area contributed by atoms with Crippen LogP contribution in [0.4, 0.5) is 5.69 Å². The molecule has 0 radical (unpaired) electrons. The van der Waals surface area contributed by atoms with Crippen molar-refractivity contribution in [2.45, 2.75) is 11.4 Å². The Morgan fingerprint density at radius 3 is 2.44 bits per heavy atom. The third kappa shape index (κ3) is 4.26. The molecule has 1 saturated heterocycles. The van der Waals surface area contributed by atoms with Crippen LogP contribution in [-0.4, -0.2) is 55.8 Å². The van der Waals surface area contributed by atoms with Gasteiger partial charge in [-0.15, -0.1) is 0 Å². The highest BCUT2D eigenvalue weighted by Gasteiger charge is 2.29. The number of rotatable bonds is 6. The number of nitro groups is 1. The highest BCUT2D eigenvalue weighted by atomic mass is 32.2. The van der Waals surface area contributed by atoms with Crippen LogP contribution in [0.15, 0.2) is 53.4 Å². The number of ether oxygens (including phenoxy) is 1. The van der Waals surface area contributed by atoms with Crippen molar-refractivity contribution in [2.24, 2.45) is 0 Å². The molecule has 0 spiro atoms. The summed E-state index contributed by atoms with van der Waals surface area (Å²) in [6.45, 7) is 2.49. The van der Waals surface area contributed by atoms with Gasteiger partial charge in [0, 0.05) is 50.4 Å². The molecule has 0 unspecified atom stereocenters. The number of para-hydroxylation sites is 1. The van der Waals surface area contributed by atoms with E-state index < -0.39 is 14.9 Å². The predicted octanol–water partition coefficient (Wildman–Crippen LogP) is 2.11. The molecule has 144 valence electrons. The lowest BCUT2D eigenvalue weighted by Gasteiger charge is -2.34. The molecule has 0 aliphatic carbocycles. The first-order chi connectivity index (χ1) is 12.9. The number of hydrogen-bond donors (Lipinski definition) is 0. The van der Waals surface area contributed by atoms with Crippen molar-refractivity contribution in [3.8, 4) is 5.75 Å². The second-order valence-electron chi connectivity index (χ2n) is 6.25. The number of methoxy groups -OCH3 is 1. The summed E-state index contributed by atoms with van der Waals surface area (Å²) in [4.78, 5) is 12.4. The van der Waals surface area contributed by atoms with Crippen molar-refractivity contribution < 1.29 is 18.1 Å². The summed E-state index contributed by atoms with van der Waals surface area (Å²) in [6.07, 6.45) is 0. The Kier molecular flexibility index (Phi) is 5.73. The van der Waals surface area contributed by atoms with Gasteiger partial charge in [0.15, 0.2) is 0 Å². The van der Waals surface area contributed by atoms with Crippen molar-refractivity contribution in [1.82, 2.24) is 9.21 Å². The highest BCUT2D eigenvalue weighted by molar-refractivity contribution is 7.89. The lowest BCUT2D eigenvalue weighted by Crippen LogP contribution is -2.48. The Labute approximate surface area is 158 Å². The molecule has 0 N–H and O–H groups in total. The van der Waals surface area contributed by atoms with Crippen molar-refractivity contribution in [1.29, 1.82) is 0 Å². The first-order valence-corrected chi connectivity index (χ1v) is 9.94. The molecule has 2 aromatic rings. The van der Waals surface area contributed by atoms with Crippen LogP contribution in [-0.2, 0) is 16.6 Å². The van der Waals surface area contributed by atoms with E-state index in [-0.39, 0.29) is 10.6 Å². The number of non-ortho nitro benzene ring substituents is 1. The maximum Gasteiger partial charge on any atom is 0.270 e. The molecule has 0 saturated carbocycles. The molecule has 0 atom stereocenters. The van der Waals surface area contributed by atoms with Crippen LogP contribution in [0, 0.1) is 10.1 Å². The van der Waals surface area contributed by atoms with E-state index in [1.165, 1.54) is 22.5 Å². The molecule has 0 bridgehead atoms. The number of hydrogen-bond acceptors (Lipinski definition) is 6. The zero-order chi connectivity index (χ0) is 19.4. The number of piperazine rings is 1. The molecule has 1 heterocycles. The molecule has 1 fully saturated rings. The summed E-state index contributed by atoms with van der Waals surface area (Å²) in [5.41, 5.74) is 0.820. The van der Waals surface area contributed by atoms with E-state index in [0.717, 1.165) is 17.4 Å². The van der Waals surface area contributed by atoms with E-state index >= 15 is 0 Å². The summed E-state index contributed by atoms with van der Waals surface area (Å²) in [7, 11) is -2.12. The van der Waals surface area contributed by atoms with Crippen LogP contribution < -0.4 is 4.74 Å². The van der Waals surface area contributed by atoms with Crippen molar-refractivity contribution >= 4 is 15.7 Å². The van der Waals surface area contributed by atoms with E-state index in [9.17, 15) is 18.5 Å². The zero-order valence-electron chi connectivity index (χ0n) is 14.9. The van der Waals surface area contributed by atoms with E-state index in [1.54, 1.807) is 7.11 Å². The average molecular weight is 391 g/mol. The molecule has 9 heteroatoms. The van der Waals surface area contributed by atoms with Gasteiger partial charge >= 0.3 is 0 Å². The fourth-order valence-corrected chi connectivity index (χ4v) is 4.57. The Morgan fingerprint density at radius 2 is 1.78 bits per heavy atom. The summed E-state index contributed by atoms with van der Waals surface area (Å²) in [5.74, 6) is 0.809. The van der Waals surface area contributed by atoms with Crippen LogP contribution in [0.2, 0.25) is 0 Å². The molecule has 1 aliphatic heterocycles. The van der Waals surface area contributed by atoms with Crippen molar-refractivity contribution in [2.75, 3.05) is 33.3 Å². The number of nitro benzene ring substituents is 1. The van der Waals surface area contributed by atoms with Gasteiger partial charge < -0.3 is 4.74 Å². The summed E-state index contributed by atoms with van der Waals surface area (Å²) in [5, 5.41) is 10.9. The molecule has 0 aromatic heterocycles. The Balaban J connectivity index is 1.68. The fraction of sp³-hybridized carbons (Fsp3) is 0.333. The Hall–Kier alpha value is -2.49. The van der Waals surface area contributed by atoms with Gasteiger partial charge in [0.1, 0.15) is 5.75 Å². The zero-order valence-corrected chi connectivity index (χ0v) is 15.8. The quantitative estimate of drug-likeness (QED) is 0.553. The molecule has 0 amide bonds. The van der Waals surface area contributed by atoms with E-state index in [1.807, 2.05) is 24.3 Å². The molecular formula is C18H21N3O5S. The summed E-state index contributed by atoms with van der Waals surface area (Å²) < 4.78 is 32.3. The first-order valence-electron chi connectivity index (χ1n) is 8.50. The van der Waals surface area contributed by atoms with E-state index in [0.29, 0.717) is 32.7 Å². The third-order valence-corrected chi connectivity index (χ3v) is 6.48. The van der Waals surface area contributed by atoms with Gasteiger partial charge in [-0.1, -0.05) is 24.3 Å². The largest absolute Gasteiger partial charge is 0.496 e. The number of benzene rings is 2. The second kappa shape index (κ2) is 8.03. The molecule has 27 heavy (non-hydrogen) atoms. The number of sulfonamides is 1. The summed E-state index contributed by atoms with van der Waals surface area (Å²) >= 11 is 0. The minimum absolute atomic E-state index is 0.0464. The Bertz CT molecular complexity index is 924. The molecule has 3 rings (SSSR count). The maximum absolute atomic E-state index is 12.8. The van der Waals surface area contributed by atoms with Crippen molar-refractivity contribution in [3.63, 3.8) is 0 Å². The van der Waals surface area contributed by atoms with Gasteiger partial charge in [-0.05, 0) is 12.1 Å². The molecule has 2 aromatic carbocycles. The van der Waals surface area contributed by atoms with Crippen molar-refractivity contribution in [3.05, 3.63) is 64.2 Å². The topological polar surface area (TPSA) is 93.0 Å². The lowest BCUT2D eigenvalue weighted by atomic mass is 10.2. The predicted molar refractivity (Wildman–Crippen MR) is 100 cm³/mol.